The van der Waals surface area contributed by atoms with E-state index < -0.39 is 10.0 Å². The second-order valence-electron chi connectivity index (χ2n) is 6.65. The molecule has 2 aromatic rings. The first-order valence-electron chi connectivity index (χ1n) is 9.36. The van der Waals surface area contributed by atoms with Crippen LogP contribution in [-0.4, -0.2) is 39.1 Å². The summed E-state index contributed by atoms with van der Waals surface area (Å²) < 4.78 is 33.1. The molecule has 0 bridgehead atoms. The van der Waals surface area contributed by atoms with E-state index in [1.807, 2.05) is 12.1 Å². The number of sulfonamides is 1. The number of piperidine rings is 1. The van der Waals surface area contributed by atoms with Crippen molar-refractivity contribution in [3.05, 3.63) is 53.6 Å². The monoisotopic (exact) mass is 386 g/mol. The Bertz CT molecular complexity index is 900. The Morgan fingerprint density at radius 2 is 1.78 bits per heavy atom. The molecule has 5 nitrogen and oxygen atoms in total. The highest BCUT2D eigenvalue weighted by molar-refractivity contribution is 7.89. The third-order valence-electron chi connectivity index (χ3n) is 4.84. The topological polar surface area (TPSA) is 59.0 Å². The fraction of sp³-hybridized carbons (Fsp3) is 0.381. The van der Waals surface area contributed by atoms with Crippen molar-refractivity contribution in [2.45, 2.75) is 37.5 Å². The summed E-state index contributed by atoms with van der Waals surface area (Å²) in [5.74, 6) is 0.511. The molecule has 1 saturated heterocycles. The number of hydrogen-bond donors (Lipinski definition) is 0. The van der Waals surface area contributed by atoms with E-state index >= 15 is 0 Å². The van der Waals surface area contributed by atoms with Crippen LogP contribution in [-0.2, 0) is 16.4 Å². The molecular formula is C21H26N2O3S. The lowest BCUT2D eigenvalue weighted by Gasteiger charge is -2.26. The van der Waals surface area contributed by atoms with Gasteiger partial charge in [0.05, 0.1) is 12.8 Å². The van der Waals surface area contributed by atoms with Gasteiger partial charge in [0.1, 0.15) is 10.6 Å². The van der Waals surface area contributed by atoms with Crippen molar-refractivity contribution in [3.8, 4) is 5.75 Å². The molecule has 0 N–H and O–H groups in total. The lowest BCUT2D eigenvalue weighted by atomic mass is 10.1. The third-order valence-corrected chi connectivity index (χ3v) is 6.77. The fourth-order valence-corrected chi connectivity index (χ4v) is 4.83. The van der Waals surface area contributed by atoms with Gasteiger partial charge >= 0.3 is 0 Å². The molecule has 0 spiro atoms. The van der Waals surface area contributed by atoms with Crippen LogP contribution in [0.15, 0.2) is 52.4 Å². The number of aryl methyl sites for hydroxylation is 1. The second-order valence-corrected chi connectivity index (χ2v) is 8.56. The van der Waals surface area contributed by atoms with Crippen molar-refractivity contribution >= 4 is 21.9 Å². The van der Waals surface area contributed by atoms with Gasteiger partial charge in [-0.3, -0.25) is 4.99 Å². The van der Waals surface area contributed by atoms with E-state index in [1.165, 1.54) is 12.7 Å². The van der Waals surface area contributed by atoms with Crippen molar-refractivity contribution in [3.63, 3.8) is 0 Å². The maximum Gasteiger partial charge on any atom is 0.245 e. The molecule has 1 aliphatic heterocycles. The number of aliphatic imine (C=N–C) groups is 1. The standard InChI is InChI=1S/C21H26N2O3S/c1-3-17-7-9-18(10-8-17)16-22-20-12-11-19(26-2)15-21(20)27(24,25)23-13-5-4-6-14-23/h7-12,15-16H,3-6,13-14H2,1-2H3. The fourth-order valence-electron chi connectivity index (χ4n) is 3.16. The van der Waals surface area contributed by atoms with E-state index in [2.05, 4.69) is 24.0 Å². The lowest BCUT2D eigenvalue weighted by molar-refractivity contribution is 0.346. The van der Waals surface area contributed by atoms with Crippen LogP contribution >= 0.6 is 0 Å². The van der Waals surface area contributed by atoms with Crippen LogP contribution in [0, 0.1) is 0 Å². The molecular weight excluding hydrogens is 360 g/mol. The summed E-state index contributed by atoms with van der Waals surface area (Å²) in [5.41, 5.74) is 2.62. The van der Waals surface area contributed by atoms with Crippen LogP contribution in [0.1, 0.15) is 37.3 Å². The zero-order chi connectivity index (χ0) is 19.3. The molecule has 0 aromatic heterocycles. The number of rotatable bonds is 6. The molecule has 1 heterocycles. The van der Waals surface area contributed by atoms with Gasteiger partial charge in [0.15, 0.2) is 0 Å². The van der Waals surface area contributed by atoms with Crippen LogP contribution in [0.4, 0.5) is 5.69 Å². The Kier molecular flexibility index (Phi) is 6.29. The van der Waals surface area contributed by atoms with Gasteiger partial charge in [0.2, 0.25) is 10.0 Å². The van der Waals surface area contributed by atoms with Crippen molar-refractivity contribution in [2.24, 2.45) is 4.99 Å². The average molecular weight is 387 g/mol. The molecule has 3 rings (SSSR count). The van der Waals surface area contributed by atoms with Crippen LogP contribution in [0.2, 0.25) is 0 Å². The second kappa shape index (κ2) is 8.67. The van der Waals surface area contributed by atoms with E-state index in [1.54, 1.807) is 28.7 Å². The number of ether oxygens (including phenoxy) is 1. The van der Waals surface area contributed by atoms with Gasteiger partial charge in [0, 0.05) is 25.4 Å². The SMILES string of the molecule is CCc1ccc(C=Nc2ccc(OC)cc2S(=O)(=O)N2CCCCC2)cc1. The largest absolute Gasteiger partial charge is 0.497 e. The van der Waals surface area contributed by atoms with Crippen molar-refractivity contribution in [1.82, 2.24) is 4.31 Å². The van der Waals surface area contributed by atoms with Crippen LogP contribution in [0.5, 0.6) is 5.75 Å². The average Bonchev–Trinajstić information content (AvgIpc) is 2.73. The molecule has 1 aliphatic rings. The molecule has 0 radical (unpaired) electrons. The zero-order valence-electron chi connectivity index (χ0n) is 15.9. The Morgan fingerprint density at radius 1 is 1.07 bits per heavy atom. The van der Waals surface area contributed by atoms with Crippen LogP contribution < -0.4 is 4.74 Å². The molecule has 0 amide bonds. The van der Waals surface area contributed by atoms with Gasteiger partial charge in [-0.15, -0.1) is 0 Å². The van der Waals surface area contributed by atoms with Crippen molar-refractivity contribution < 1.29 is 13.2 Å². The van der Waals surface area contributed by atoms with Crippen molar-refractivity contribution in [1.29, 1.82) is 0 Å². The third kappa shape index (κ3) is 4.57. The van der Waals surface area contributed by atoms with E-state index in [0.717, 1.165) is 31.2 Å². The lowest BCUT2D eigenvalue weighted by Crippen LogP contribution is -2.35. The minimum absolute atomic E-state index is 0.199. The van der Waals surface area contributed by atoms with Gasteiger partial charge in [-0.1, -0.05) is 37.6 Å². The first-order valence-corrected chi connectivity index (χ1v) is 10.8. The number of methoxy groups -OCH3 is 1. The molecule has 6 heteroatoms. The van der Waals surface area contributed by atoms with Crippen LogP contribution in [0.25, 0.3) is 0 Å². The van der Waals surface area contributed by atoms with Crippen molar-refractivity contribution in [2.75, 3.05) is 20.2 Å². The Morgan fingerprint density at radius 3 is 2.41 bits per heavy atom. The van der Waals surface area contributed by atoms with E-state index in [9.17, 15) is 8.42 Å². The highest BCUT2D eigenvalue weighted by Gasteiger charge is 2.28. The Hall–Kier alpha value is -2.18. The predicted octanol–water partition coefficient (Wildman–Crippen LogP) is 4.18. The summed E-state index contributed by atoms with van der Waals surface area (Å²) in [6.45, 7) is 3.22. The van der Waals surface area contributed by atoms with E-state index in [4.69, 9.17) is 4.74 Å². The quantitative estimate of drug-likeness (QED) is 0.700. The molecule has 0 saturated carbocycles. The Labute approximate surface area is 161 Å². The number of nitrogens with zero attached hydrogens (tertiary/aromatic N) is 2. The van der Waals surface area contributed by atoms with Gasteiger partial charge in [0.25, 0.3) is 0 Å². The summed E-state index contributed by atoms with van der Waals surface area (Å²) in [7, 11) is -2.07. The highest BCUT2D eigenvalue weighted by Crippen LogP contribution is 2.32. The van der Waals surface area contributed by atoms with Gasteiger partial charge in [-0.2, -0.15) is 4.31 Å². The van der Waals surface area contributed by atoms with Gasteiger partial charge in [-0.25, -0.2) is 8.42 Å². The molecule has 27 heavy (non-hydrogen) atoms. The van der Waals surface area contributed by atoms with Crippen LogP contribution in [0.3, 0.4) is 0 Å². The number of benzene rings is 2. The summed E-state index contributed by atoms with van der Waals surface area (Å²) >= 11 is 0. The molecule has 1 fully saturated rings. The van der Waals surface area contributed by atoms with E-state index in [0.29, 0.717) is 24.5 Å². The van der Waals surface area contributed by atoms with Gasteiger partial charge < -0.3 is 4.74 Å². The molecule has 0 unspecified atom stereocenters. The van der Waals surface area contributed by atoms with Gasteiger partial charge in [-0.05, 0) is 42.5 Å². The molecule has 0 atom stereocenters. The van der Waals surface area contributed by atoms with E-state index in [-0.39, 0.29) is 4.90 Å². The molecule has 2 aromatic carbocycles. The maximum absolute atomic E-state index is 13.2. The molecule has 144 valence electrons. The summed E-state index contributed by atoms with van der Waals surface area (Å²) in [4.78, 5) is 4.68. The zero-order valence-corrected chi connectivity index (χ0v) is 16.7. The predicted molar refractivity (Wildman–Crippen MR) is 109 cm³/mol. The smallest absolute Gasteiger partial charge is 0.245 e. The first kappa shape index (κ1) is 19.6. The highest BCUT2D eigenvalue weighted by atomic mass is 32.2. The minimum atomic E-state index is -3.60. The summed E-state index contributed by atoms with van der Waals surface area (Å²) in [5, 5.41) is 0. The molecule has 0 aliphatic carbocycles. The summed E-state index contributed by atoms with van der Waals surface area (Å²) in [6, 6.07) is 13.1. The number of hydrogen-bond acceptors (Lipinski definition) is 4. The minimum Gasteiger partial charge on any atom is -0.497 e. The Balaban J connectivity index is 1.96. The normalized spacial score (nSPS) is 15.9. The maximum atomic E-state index is 13.2. The summed E-state index contributed by atoms with van der Waals surface area (Å²) in [6.07, 6.45) is 5.55. The first-order chi connectivity index (χ1) is 13.0.